The Morgan fingerprint density at radius 1 is 0.424 bits per heavy atom. The van der Waals surface area contributed by atoms with E-state index in [0.717, 1.165) is 61.2 Å². The zero-order valence-electron chi connectivity index (χ0n) is 32.1. The Balaban J connectivity index is 1.07. The minimum absolute atomic E-state index is 0.295. The third-order valence-electron chi connectivity index (χ3n) is 11.6. The zero-order chi connectivity index (χ0) is 39.3. The van der Waals surface area contributed by atoms with E-state index in [9.17, 15) is 0 Å². The lowest BCUT2D eigenvalue weighted by Gasteiger charge is -2.30. The van der Waals surface area contributed by atoms with Crippen LogP contribution in [0.1, 0.15) is 11.1 Å². The standard InChI is InChI=1S/C56H37FN2/c57-50-37-43(38-16-5-1-6-17-38)36-49(39-18-7-2-8-19-39)56(50)59(45-23-11-4-12-24-45)51-34-31-40(46-25-13-14-26-48(46)51)28-29-41-32-35-53-55-47(41)33-30-42-20-15-27-52(54(42)55)58(53)44-21-9-3-10-22-44/h1-37H/b29-28+. The monoisotopic (exact) mass is 756 g/mol. The molecular weight excluding hydrogens is 720 g/mol. The zero-order valence-corrected chi connectivity index (χ0v) is 32.1. The molecule has 0 radical (unpaired) electrons. The number of halogens is 1. The van der Waals surface area contributed by atoms with Gasteiger partial charge >= 0.3 is 0 Å². The van der Waals surface area contributed by atoms with Gasteiger partial charge in [0.2, 0.25) is 0 Å². The first-order valence-corrected chi connectivity index (χ1v) is 20.0. The van der Waals surface area contributed by atoms with Crippen LogP contribution in [0.25, 0.3) is 83.4 Å². The summed E-state index contributed by atoms with van der Waals surface area (Å²) in [7, 11) is 0. The van der Waals surface area contributed by atoms with E-state index in [1.54, 1.807) is 6.07 Å². The molecule has 11 aromatic rings. The molecule has 1 aromatic heterocycles. The number of benzene rings is 10. The molecular formula is C56H37FN2. The fourth-order valence-electron chi connectivity index (χ4n) is 8.96. The van der Waals surface area contributed by atoms with Crippen LogP contribution in [0.3, 0.4) is 0 Å². The third kappa shape index (κ3) is 5.86. The molecule has 278 valence electrons. The number of nitrogens with zero attached hydrogens (tertiary/aromatic N) is 2. The molecule has 0 unspecified atom stereocenters. The molecule has 0 saturated carbocycles. The van der Waals surface area contributed by atoms with Crippen LogP contribution in [0.4, 0.5) is 21.5 Å². The van der Waals surface area contributed by atoms with Crippen molar-refractivity contribution in [2.75, 3.05) is 4.90 Å². The van der Waals surface area contributed by atoms with E-state index >= 15 is 4.39 Å². The van der Waals surface area contributed by atoms with Crippen molar-refractivity contribution in [1.82, 2.24) is 4.57 Å². The number of anilines is 3. The minimum Gasteiger partial charge on any atom is -0.309 e. The van der Waals surface area contributed by atoms with Crippen molar-refractivity contribution in [1.29, 1.82) is 0 Å². The van der Waals surface area contributed by atoms with Gasteiger partial charge in [-0.15, -0.1) is 0 Å². The first-order valence-electron chi connectivity index (χ1n) is 20.0. The summed E-state index contributed by atoms with van der Waals surface area (Å²) in [6.45, 7) is 0. The molecule has 0 spiro atoms. The van der Waals surface area contributed by atoms with Gasteiger partial charge in [0.15, 0.2) is 0 Å². The van der Waals surface area contributed by atoms with Crippen molar-refractivity contribution in [2.45, 2.75) is 0 Å². The van der Waals surface area contributed by atoms with Gasteiger partial charge < -0.3 is 9.47 Å². The van der Waals surface area contributed by atoms with Crippen molar-refractivity contribution in [3.63, 3.8) is 0 Å². The van der Waals surface area contributed by atoms with Crippen LogP contribution in [0, 0.1) is 5.82 Å². The van der Waals surface area contributed by atoms with Crippen LogP contribution < -0.4 is 4.90 Å². The Morgan fingerprint density at radius 3 is 1.78 bits per heavy atom. The average Bonchev–Trinajstić information content (AvgIpc) is 3.65. The highest BCUT2D eigenvalue weighted by Gasteiger charge is 2.25. The molecule has 0 fully saturated rings. The molecule has 11 rings (SSSR count). The molecule has 0 aliphatic carbocycles. The lowest BCUT2D eigenvalue weighted by atomic mass is 9.94. The number of fused-ring (bicyclic) bond motifs is 1. The third-order valence-corrected chi connectivity index (χ3v) is 11.6. The van der Waals surface area contributed by atoms with E-state index in [1.807, 2.05) is 66.7 Å². The predicted octanol–water partition coefficient (Wildman–Crippen LogP) is 15.6. The number of hydrogen-bond acceptors (Lipinski definition) is 1. The summed E-state index contributed by atoms with van der Waals surface area (Å²) >= 11 is 0. The van der Waals surface area contributed by atoms with Crippen molar-refractivity contribution < 1.29 is 4.39 Å². The Bertz CT molecular complexity index is 3310. The predicted molar refractivity (Wildman–Crippen MR) is 248 cm³/mol. The maximum Gasteiger partial charge on any atom is 0.148 e. The summed E-state index contributed by atoms with van der Waals surface area (Å²) in [4.78, 5) is 2.09. The molecule has 1 heterocycles. The van der Waals surface area contributed by atoms with E-state index in [2.05, 4.69) is 161 Å². The molecule has 0 aliphatic rings. The summed E-state index contributed by atoms with van der Waals surface area (Å²) < 4.78 is 19.6. The molecule has 0 amide bonds. The molecule has 3 heteroatoms. The molecule has 0 aliphatic heterocycles. The van der Waals surface area contributed by atoms with Crippen molar-refractivity contribution in [2.24, 2.45) is 0 Å². The van der Waals surface area contributed by atoms with E-state index in [0.29, 0.717) is 5.69 Å². The van der Waals surface area contributed by atoms with Crippen molar-refractivity contribution in [3.05, 3.63) is 229 Å². The second-order valence-corrected chi connectivity index (χ2v) is 15.0. The molecule has 59 heavy (non-hydrogen) atoms. The van der Waals surface area contributed by atoms with Gasteiger partial charge in [-0.1, -0.05) is 170 Å². The molecule has 10 aromatic carbocycles. The summed E-state index contributed by atoms with van der Waals surface area (Å²) in [5.74, 6) is -0.295. The Labute approximate surface area is 342 Å². The second kappa shape index (κ2) is 14.3. The Morgan fingerprint density at radius 2 is 1.03 bits per heavy atom. The van der Waals surface area contributed by atoms with Gasteiger partial charge in [0, 0.05) is 33.1 Å². The first kappa shape index (κ1) is 34.5. The smallest absolute Gasteiger partial charge is 0.148 e. The molecule has 2 nitrogen and oxygen atoms in total. The van der Waals surface area contributed by atoms with E-state index < -0.39 is 0 Å². The summed E-state index contributed by atoms with van der Waals surface area (Å²) in [5.41, 5.74) is 11.6. The van der Waals surface area contributed by atoms with Gasteiger partial charge in [-0.05, 0) is 98.6 Å². The summed E-state index contributed by atoms with van der Waals surface area (Å²) in [6, 6.07) is 73.1. The van der Waals surface area contributed by atoms with Crippen molar-refractivity contribution in [3.8, 4) is 27.9 Å². The van der Waals surface area contributed by atoms with Crippen molar-refractivity contribution >= 4 is 72.6 Å². The van der Waals surface area contributed by atoms with E-state index in [4.69, 9.17) is 0 Å². The van der Waals surface area contributed by atoms with Crippen LogP contribution in [-0.2, 0) is 0 Å². The van der Waals surface area contributed by atoms with Crippen LogP contribution in [0.5, 0.6) is 0 Å². The number of rotatable bonds is 8. The number of hydrogen-bond donors (Lipinski definition) is 0. The Kier molecular flexibility index (Phi) is 8.37. The topological polar surface area (TPSA) is 8.17 Å². The molecule has 0 N–H and O–H groups in total. The maximum atomic E-state index is 17.2. The fraction of sp³-hybridized carbons (Fsp3) is 0. The van der Waals surface area contributed by atoms with Gasteiger partial charge in [0.25, 0.3) is 0 Å². The quantitative estimate of drug-likeness (QED) is 0.111. The van der Waals surface area contributed by atoms with Gasteiger partial charge in [-0.25, -0.2) is 4.39 Å². The van der Waals surface area contributed by atoms with Crippen LogP contribution in [0.15, 0.2) is 212 Å². The van der Waals surface area contributed by atoms with Crippen LogP contribution in [0.2, 0.25) is 0 Å². The maximum absolute atomic E-state index is 17.2. The first-order chi connectivity index (χ1) is 29.2. The lowest BCUT2D eigenvalue weighted by Crippen LogP contribution is -2.14. The van der Waals surface area contributed by atoms with Crippen LogP contribution in [-0.4, -0.2) is 4.57 Å². The molecule has 0 bridgehead atoms. The van der Waals surface area contributed by atoms with Crippen LogP contribution >= 0.6 is 0 Å². The highest BCUT2D eigenvalue weighted by Crippen LogP contribution is 2.47. The SMILES string of the molecule is Fc1cc(-c2ccccc2)cc(-c2ccccc2)c1N(c1ccccc1)c1ccc(/C=C/c2ccc3c4c2ccc2cccc(c24)n3-c2ccccc2)c2ccccc12. The highest BCUT2D eigenvalue weighted by atomic mass is 19.1. The van der Waals surface area contributed by atoms with Gasteiger partial charge in [-0.3, -0.25) is 0 Å². The fourth-order valence-corrected chi connectivity index (χ4v) is 8.96. The highest BCUT2D eigenvalue weighted by molar-refractivity contribution is 6.25. The largest absolute Gasteiger partial charge is 0.309 e. The van der Waals surface area contributed by atoms with E-state index in [1.165, 1.54) is 32.6 Å². The van der Waals surface area contributed by atoms with Gasteiger partial charge in [-0.2, -0.15) is 0 Å². The number of para-hydroxylation sites is 2. The number of aromatic nitrogens is 1. The average molecular weight is 757 g/mol. The van der Waals surface area contributed by atoms with Gasteiger partial charge in [0.05, 0.1) is 22.4 Å². The Hall–Kier alpha value is -7.75. The summed E-state index contributed by atoms with van der Waals surface area (Å²) in [6.07, 6.45) is 4.46. The minimum atomic E-state index is -0.295. The normalized spacial score (nSPS) is 11.7. The summed E-state index contributed by atoms with van der Waals surface area (Å²) in [5, 5.41) is 7.12. The molecule has 0 saturated heterocycles. The second-order valence-electron chi connectivity index (χ2n) is 15.0. The molecule has 0 atom stereocenters. The van der Waals surface area contributed by atoms with Gasteiger partial charge in [0.1, 0.15) is 5.82 Å². The lowest BCUT2D eigenvalue weighted by molar-refractivity contribution is 0.630. The van der Waals surface area contributed by atoms with E-state index in [-0.39, 0.29) is 5.82 Å².